The first-order chi connectivity index (χ1) is 6.69. The van der Waals surface area contributed by atoms with Gasteiger partial charge < -0.3 is 14.6 Å². The van der Waals surface area contributed by atoms with E-state index in [4.69, 9.17) is 4.74 Å². The number of phenolic OH excluding ortho intramolecular Hbond substituents is 1. The lowest BCUT2D eigenvalue weighted by Gasteiger charge is -2.08. The number of ether oxygens (including phenoxy) is 2. The van der Waals surface area contributed by atoms with Crippen LogP contribution in [0.2, 0.25) is 0 Å². The molecule has 1 N–H and O–H groups in total. The summed E-state index contributed by atoms with van der Waals surface area (Å²) in [6, 6.07) is 4.30. The first-order valence-corrected chi connectivity index (χ1v) is 4.23. The van der Waals surface area contributed by atoms with E-state index in [-0.39, 0.29) is 11.3 Å². The zero-order valence-corrected chi connectivity index (χ0v) is 8.11. The summed E-state index contributed by atoms with van der Waals surface area (Å²) >= 11 is 0. The van der Waals surface area contributed by atoms with Gasteiger partial charge >= 0.3 is 5.97 Å². The lowest BCUT2D eigenvalue weighted by Crippen LogP contribution is -2.05. The van der Waals surface area contributed by atoms with E-state index in [1.807, 2.05) is 6.92 Å². The van der Waals surface area contributed by atoms with E-state index < -0.39 is 5.97 Å². The molecule has 1 aromatic rings. The van der Waals surface area contributed by atoms with Crippen molar-refractivity contribution in [3.63, 3.8) is 0 Å². The molecule has 0 saturated heterocycles. The summed E-state index contributed by atoms with van der Waals surface area (Å²) in [6.45, 7) is 2.27. The van der Waals surface area contributed by atoms with Gasteiger partial charge in [-0.15, -0.1) is 0 Å². The van der Waals surface area contributed by atoms with Crippen molar-refractivity contribution in [3.05, 3.63) is 23.8 Å². The minimum atomic E-state index is -0.524. The zero-order valence-electron chi connectivity index (χ0n) is 8.11. The molecule has 0 aromatic heterocycles. The third kappa shape index (κ3) is 2.16. The van der Waals surface area contributed by atoms with Crippen LogP contribution in [0.15, 0.2) is 18.2 Å². The highest BCUT2D eigenvalue weighted by molar-refractivity contribution is 5.92. The van der Waals surface area contributed by atoms with Gasteiger partial charge in [-0.1, -0.05) is 0 Å². The van der Waals surface area contributed by atoms with Gasteiger partial charge in [0, 0.05) is 0 Å². The molecule has 0 aliphatic carbocycles. The van der Waals surface area contributed by atoms with Gasteiger partial charge in [0.25, 0.3) is 0 Å². The maximum Gasteiger partial charge on any atom is 0.341 e. The molecule has 4 heteroatoms. The molecule has 0 aliphatic heterocycles. The average molecular weight is 196 g/mol. The summed E-state index contributed by atoms with van der Waals surface area (Å²) < 4.78 is 9.75. The van der Waals surface area contributed by atoms with Gasteiger partial charge in [-0.05, 0) is 25.1 Å². The molecule has 14 heavy (non-hydrogen) atoms. The molecule has 0 amide bonds. The van der Waals surface area contributed by atoms with E-state index in [1.165, 1.54) is 25.3 Å². The first-order valence-electron chi connectivity index (χ1n) is 4.23. The van der Waals surface area contributed by atoms with Gasteiger partial charge in [0.15, 0.2) is 0 Å². The van der Waals surface area contributed by atoms with Gasteiger partial charge in [0.05, 0.1) is 13.7 Å². The number of rotatable bonds is 3. The molecule has 1 rings (SSSR count). The predicted molar refractivity (Wildman–Crippen MR) is 50.6 cm³/mol. The Hall–Kier alpha value is -1.71. The van der Waals surface area contributed by atoms with Gasteiger partial charge in [-0.2, -0.15) is 0 Å². The van der Waals surface area contributed by atoms with E-state index in [0.29, 0.717) is 12.4 Å². The van der Waals surface area contributed by atoms with Crippen LogP contribution in [-0.2, 0) is 4.74 Å². The van der Waals surface area contributed by atoms with Crippen molar-refractivity contribution in [1.29, 1.82) is 0 Å². The molecule has 0 radical (unpaired) electrons. The summed E-state index contributed by atoms with van der Waals surface area (Å²) in [4.78, 5) is 11.2. The Labute approximate surface area is 82.1 Å². The van der Waals surface area contributed by atoms with E-state index in [1.54, 1.807) is 0 Å². The maximum absolute atomic E-state index is 11.2. The zero-order chi connectivity index (χ0) is 10.6. The number of benzene rings is 1. The second-order valence-corrected chi connectivity index (χ2v) is 2.61. The standard InChI is InChI=1S/C10H12O4/c1-3-14-9-5-4-7(11)6-8(9)10(12)13-2/h4-6,11H,3H2,1-2H3. The first kappa shape index (κ1) is 10.4. The predicted octanol–water partition coefficient (Wildman–Crippen LogP) is 1.58. The van der Waals surface area contributed by atoms with E-state index in [9.17, 15) is 9.90 Å². The lowest BCUT2D eigenvalue weighted by atomic mass is 10.2. The second kappa shape index (κ2) is 4.50. The summed E-state index contributed by atoms with van der Waals surface area (Å²) in [5.41, 5.74) is 0.231. The summed E-state index contributed by atoms with van der Waals surface area (Å²) in [5, 5.41) is 9.19. The number of aromatic hydroxyl groups is 1. The molecule has 0 saturated carbocycles. The van der Waals surface area contributed by atoms with Gasteiger partial charge in [0.1, 0.15) is 17.1 Å². The monoisotopic (exact) mass is 196 g/mol. The fourth-order valence-corrected chi connectivity index (χ4v) is 1.07. The summed E-state index contributed by atoms with van der Waals surface area (Å²) in [5.74, 6) is -0.102. The highest BCUT2D eigenvalue weighted by Gasteiger charge is 2.13. The quantitative estimate of drug-likeness (QED) is 0.745. The maximum atomic E-state index is 11.2. The van der Waals surface area contributed by atoms with Gasteiger partial charge in [0.2, 0.25) is 0 Å². The Balaban J connectivity index is 3.08. The van der Waals surface area contributed by atoms with Crippen LogP contribution >= 0.6 is 0 Å². The summed E-state index contributed by atoms with van der Waals surface area (Å²) in [7, 11) is 1.28. The highest BCUT2D eigenvalue weighted by atomic mass is 16.5. The Morgan fingerprint density at radius 1 is 1.50 bits per heavy atom. The third-order valence-corrected chi connectivity index (χ3v) is 1.67. The number of methoxy groups -OCH3 is 1. The number of phenols is 1. The SMILES string of the molecule is CCOc1ccc(O)cc1C(=O)OC. The fraction of sp³-hybridized carbons (Fsp3) is 0.300. The Morgan fingerprint density at radius 2 is 2.21 bits per heavy atom. The number of carbonyl (C=O) groups excluding carboxylic acids is 1. The minimum absolute atomic E-state index is 0.00820. The van der Waals surface area contributed by atoms with E-state index in [0.717, 1.165) is 0 Å². The molecule has 1 aromatic carbocycles. The number of hydrogen-bond acceptors (Lipinski definition) is 4. The molecule has 0 spiro atoms. The van der Waals surface area contributed by atoms with Crippen LogP contribution in [0.1, 0.15) is 17.3 Å². The van der Waals surface area contributed by atoms with Crippen molar-refractivity contribution < 1.29 is 19.4 Å². The Morgan fingerprint density at radius 3 is 2.79 bits per heavy atom. The largest absolute Gasteiger partial charge is 0.508 e. The molecule has 0 aliphatic rings. The van der Waals surface area contributed by atoms with E-state index >= 15 is 0 Å². The Kier molecular flexibility index (Phi) is 3.34. The minimum Gasteiger partial charge on any atom is -0.508 e. The lowest BCUT2D eigenvalue weighted by molar-refractivity contribution is 0.0596. The van der Waals surface area contributed by atoms with Crippen LogP contribution in [-0.4, -0.2) is 24.8 Å². The smallest absolute Gasteiger partial charge is 0.341 e. The van der Waals surface area contributed by atoms with Crippen molar-refractivity contribution in [2.45, 2.75) is 6.92 Å². The molecule has 0 atom stereocenters. The van der Waals surface area contributed by atoms with Crippen LogP contribution in [0.25, 0.3) is 0 Å². The van der Waals surface area contributed by atoms with E-state index in [2.05, 4.69) is 4.74 Å². The second-order valence-electron chi connectivity index (χ2n) is 2.61. The van der Waals surface area contributed by atoms with Crippen molar-refractivity contribution in [1.82, 2.24) is 0 Å². The molecule has 0 fully saturated rings. The van der Waals surface area contributed by atoms with Crippen LogP contribution in [0.3, 0.4) is 0 Å². The van der Waals surface area contributed by atoms with Crippen LogP contribution < -0.4 is 4.74 Å². The van der Waals surface area contributed by atoms with Crippen LogP contribution in [0, 0.1) is 0 Å². The molecule has 0 bridgehead atoms. The number of esters is 1. The molecule has 76 valence electrons. The third-order valence-electron chi connectivity index (χ3n) is 1.67. The van der Waals surface area contributed by atoms with Crippen LogP contribution in [0.5, 0.6) is 11.5 Å². The normalized spacial score (nSPS) is 9.57. The highest BCUT2D eigenvalue weighted by Crippen LogP contribution is 2.24. The van der Waals surface area contributed by atoms with Gasteiger partial charge in [-0.3, -0.25) is 0 Å². The molecule has 0 heterocycles. The number of hydrogen-bond donors (Lipinski definition) is 1. The van der Waals surface area contributed by atoms with Crippen LogP contribution in [0.4, 0.5) is 0 Å². The molecular formula is C10H12O4. The molecular weight excluding hydrogens is 184 g/mol. The van der Waals surface area contributed by atoms with Crippen molar-refractivity contribution >= 4 is 5.97 Å². The topological polar surface area (TPSA) is 55.8 Å². The average Bonchev–Trinajstić information content (AvgIpc) is 2.20. The molecule has 0 unspecified atom stereocenters. The molecule has 4 nitrogen and oxygen atoms in total. The summed E-state index contributed by atoms with van der Waals surface area (Å²) in [6.07, 6.45) is 0. The van der Waals surface area contributed by atoms with Crippen molar-refractivity contribution in [2.24, 2.45) is 0 Å². The van der Waals surface area contributed by atoms with Crippen molar-refractivity contribution in [3.8, 4) is 11.5 Å². The Bertz CT molecular complexity index is 333. The van der Waals surface area contributed by atoms with Gasteiger partial charge in [-0.25, -0.2) is 4.79 Å². The number of carbonyl (C=O) groups is 1. The van der Waals surface area contributed by atoms with Crippen molar-refractivity contribution in [2.75, 3.05) is 13.7 Å². The fourth-order valence-electron chi connectivity index (χ4n) is 1.07.